The van der Waals surface area contributed by atoms with E-state index in [1.807, 2.05) is 43.3 Å². The monoisotopic (exact) mass is 348 g/mol. The Morgan fingerprint density at radius 2 is 1.87 bits per heavy atom. The zero-order valence-electron chi connectivity index (χ0n) is 12.7. The maximum atomic E-state index is 12.9. The number of hydrogen-bond acceptors (Lipinski definition) is 3. The number of halogens is 1. The van der Waals surface area contributed by atoms with Crippen LogP contribution in [0.3, 0.4) is 0 Å². The van der Waals surface area contributed by atoms with Gasteiger partial charge in [-0.25, -0.2) is 8.42 Å². The summed E-state index contributed by atoms with van der Waals surface area (Å²) in [6.45, 7) is 2.17. The first-order valence-corrected chi connectivity index (χ1v) is 8.94. The van der Waals surface area contributed by atoms with Crippen LogP contribution in [-0.2, 0) is 16.6 Å². The highest BCUT2D eigenvalue weighted by atomic mass is 35.5. The zero-order valence-corrected chi connectivity index (χ0v) is 14.3. The molecule has 0 fully saturated rings. The van der Waals surface area contributed by atoms with Crippen LogP contribution in [0.4, 0.5) is 0 Å². The van der Waals surface area contributed by atoms with Gasteiger partial charge in [-0.05, 0) is 30.2 Å². The zero-order chi connectivity index (χ0) is 16.9. The summed E-state index contributed by atoms with van der Waals surface area (Å²) in [7, 11) is -3.71. The first kappa shape index (κ1) is 17.5. The van der Waals surface area contributed by atoms with Gasteiger partial charge < -0.3 is 0 Å². The SMILES string of the molecule is Cc1ccc(S(=O)(=O)N(CCC#N)Cc2ccccc2)cc1Cl. The van der Waals surface area contributed by atoms with Crippen LogP contribution in [0.2, 0.25) is 5.02 Å². The fourth-order valence-electron chi connectivity index (χ4n) is 2.13. The topological polar surface area (TPSA) is 61.2 Å². The fraction of sp³-hybridized carbons (Fsp3) is 0.235. The predicted octanol–water partition coefficient (Wildman–Crippen LogP) is 3.75. The lowest BCUT2D eigenvalue weighted by Crippen LogP contribution is -2.31. The van der Waals surface area contributed by atoms with Crippen LogP contribution < -0.4 is 0 Å². The summed E-state index contributed by atoms with van der Waals surface area (Å²) in [5.41, 5.74) is 1.68. The van der Waals surface area contributed by atoms with Crippen molar-refractivity contribution in [3.05, 3.63) is 64.7 Å². The first-order valence-electron chi connectivity index (χ1n) is 7.12. The third-order valence-electron chi connectivity index (χ3n) is 3.46. The maximum absolute atomic E-state index is 12.9. The molecule has 0 N–H and O–H groups in total. The Bertz CT molecular complexity index is 814. The summed E-state index contributed by atoms with van der Waals surface area (Å²) >= 11 is 6.05. The van der Waals surface area contributed by atoms with Crippen molar-refractivity contribution in [2.24, 2.45) is 0 Å². The molecule has 6 heteroatoms. The molecule has 0 heterocycles. The summed E-state index contributed by atoms with van der Waals surface area (Å²) in [6, 6.07) is 16.0. The van der Waals surface area contributed by atoms with Crippen LogP contribution in [0.15, 0.2) is 53.4 Å². The molecule has 2 rings (SSSR count). The van der Waals surface area contributed by atoms with Gasteiger partial charge in [0.1, 0.15) is 0 Å². The second kappa shape index (κ2) is 7.60. The minimum Gasteiger partial charge on any atom is -0.207 e. The van der Waals surface area contributed by atoms with Crippen molar-refractivity contribution in [1.82, 2.24) is 4.31 Å². The molecule has 0 bridgehead atoms. The third-order valence-corrected chi connectivity index (χ3v) is 5.70. The molecule has 0 radical (unpaired) electrons. The molecule has 0 saturated carbocycles. The van der Waals surface area contributed by atoms with Crippen LogP contribution in [0.25, 0.3) is 0 Å². The van der Waals surface area contributed by atoms with Gasteiger partial charge in [0.15, 0.2) is 0 Å². The number of rotatable bonds is 6. The van der Waals surface area contributed by atoms with Crippen LogP contribution >= 0.6 is 11.6 Å². The Balaban J connectivity index is 2.36. The average molecular weight is 349 g/mol. The molecule has 0 aliphatic heterocycles. The lowest BCUT2D eigenvalue weighted by Gasteiger charge is -2.21. The van der Waals surface area contributed by atoms with Gasteiger partial charge in [-0.2, -0.15) is 9.57 Å². The number of sulfonamides is 1. The first-order chi connectivity index (χ1) is 10.9. The smallest absolute Gasteiger partial charge is 0.207 e. The highest BCUT2D eigenvalue weighted by molar-refractivity contribution is 7.89. The van der Waals surface area contributed by atoms with Crippen molar-refractivity contribution in [3.8, 4) is 6.07 Å². The Hall–Kier alpha value is -1.87. The minimum absolute atomic E-state index is 0.131. The number of benzene rings is 2. The summed E-state index contributed by atoms with van der Waals surface area (Å²) in [4.78, 5) is 0.141. The van der Waals surface area contributed by atoms with Gasteiger partial charge in [0.05, 0.1) is 11.0 Å². The van der Waals surface area contributed by atoms with Crippen LogP contribution in [0, 0.1) is 18.3 Å². The van der Waals surface area contributed by atoms with Gasteiger partial charge in [-0.15, -0.1) is 0 Å². The van der Waals surface area contributed by atoms with Crippen molar-refractivity contribution in [1.29, 1.82) is 5.26 Å². The molecule has 120 valence electrons. The Morgan fingerprint density at radius 1 is 1.17 bits per heavy atom. The van der Waals surface area contributed by atoms with Gasteiger partial charge in [0.2, 0.25) is 10.0 Å². The molecular formula is C17H17ClN2O2S. The van der Waals surface area contributed by atoms with E-state index in [1.54, 1.807) is 12.1 Å². The average Bonchev–Trinajstić information content (AvgIpc) is 2.54. The van der Waals surface area contributed by atoms with Crippen molar-refractivity contribution >= 4 is 21.6 Å². The third kappa shape index (κ3) is 4.32. The second-order valence-electron chi connectivity index (χ2n) is 5.14. The number of aryl methyl sites for hydroxylation is 1. The van der Waals surface area contributed by atoms with Crippen LogP contribution in [0.1, 0.15) is 17.5 Å². The summed E-state index contributed by atoms with van der Waals surface area (Å²) in [5.74, 6) is 0. The molecule has 0 amide bonds. The highest BCUT2D eigenvalue weighted by Crippen LogP contribution is 2.24. The normalized spacial score (nSPS) is 11.4. The van der Waals surface area contributed by atoms with E-state index in [1.165, 1.54) is 10.4 Å². The lowest BCUT2D eigenvalue weighted by molar-refractivity contribution is 0.413. The molecular weight excluding hydrogens is 332 g/mol. The summed E-state index contributed by atoms with van der Waals surface area (Å²) in [6.07, 6.45) is 0.131. The molecule has 2 aromatic carbocycles. The molecule has 2 aromatic rings. The largest absolute Gasteiger partial charge is 0.243 e. The fourth-order valence-corrected chi connectivity index (χ4v) is 3.83. The van der Waals surface area contributed by atoms with Crippen LogP contribution in [0.5, 0.6) is 0 Å². The number of nitrogens with zero attached hydrogens (tertiary/aromatic N) is 2. The second-order valence-corrected chi connectivity index (χ2v) is 7.49. The van der Waals surface area contributed by atoms with E-state index in [4.69, 9.17) is 16.9 Å². The Morgan fingerprint density at radius 3 is 2.48 bits per heavy atom. The van der Waals surface area contributed by atoms with Crippen molar-refractivity contribution in [2.75, 3.05) is 6.54 Å². The predicted molar refractivity (Wildman–Crippen MR) is 90.5 cm³/mol. The molecule has 4 nitrogen and oxygen atoms in total. The molecule has 0 atom stereocenters. The van der Waals surface area contributed by atoms with Crippen molar-refractivity contribution in [3.63, 3.8) is 0 Å². The Labute approximate surface area is 142 Å². The van der Waals surface area contributed by atoms with E-state index in [2.05, 4.69) is 0 Å². The number of nitriles is 1. The molecule has 0 aromatic heterocycles. The van der Waals surface area contributed by atoms with E-state index in [-0.39, 0.29) is 24.4 Å². The highest BCUT2D eigenvalue weighted by Gasteiger charge is 2.24. The lowest BCUT2D eigenvalue weighted by atomic mass is 10.2. The maximum Gasteiger partial charge on any atom is 0.243 e. The van der Waals surface area contributed by atoms with E-state index >= 15 is 0 Å². The summed E-state index contributed by atoms with van der Waals surface area (Å²) in [5, 5.41) is 9.21. The van der Waals surface area contributed by atoms with Crippen LogP contribution in [-0.4, -0.2) is 19.3 Å². The van der Waals surface area contributed by atoms with Crippen molar-refractivity contribution < 1.29 is 8.42 Å². The minimum atomic E-state index is -3.71. The van der Waals surface area contributed by atoms with Gasteiger partial charge >= 0.3 is 0 Å². The van der Waals surface area contributed by atoms with Gasteiger partial charge in [-0.1, -0.05) is 48.0 Å². The molecule has 0 aliphatic rings. The van der Waals surface area contributed by atoms with Gasteiger partial charge in [0, 0.05) is 24.5 Å². The van der Waals surface area contributed by atoms with E-state index in [9.17, 15) is 8.42 Å². The molecule has 0 spiro atoms. The van der Waals surface area contributed by atoms with Gasteiger partial charge in [0.25, 0.3) is 0 Å². The standard InChI is InChI=1S/C17H17ClN2O2S/c1-14-8-9-16(12-17(14)18)23(21,22)20(11-5-10-19)13-15-6-3-2-4-7-15/h2-4,6-9,12H,5,11,13H2,1H3. The molecule has 0 unspecified atom stereocenters. The molecule has 0 saturated heterocycles. The van der Waals surface area contributed by atoms with Gasteiger partial charge in [-0.3, -0.25) is 0 Å². The molecule has 23 heavy (non-hydrogen) atoms. The van der Waals surface area contributed by atoms with E-state index < -0.39 is 10.0 Å². The van der Waals surface area contributed by atoms with Crippen molar-refractivity contribution in [2.45, 2.75) is 24.8 Å². The number of hydrogen-bond donors (Lipinski definition) is 0. The van der Waals surface area contributed by atoms with E-state index in [0.29, 0.717) is 5.02 Å². The van der Waals surface area contributed by atoms with E-state index in [0.717, 1.165) is 11.1 Å². The summed E-state index contributed by atoms with van der Waals surface area (Å²) < 4.78 is 27.0. The Kier molecular flexibility index (Phi) is 5.78. The molecule has 0 aliphatic carbocycles. The quantitative estimate of drug-likeness (QED) is 0.798.